The van der Waals surface area contributed by atoms with Crippen LogP contribution in [0.5, 0.6) is 0 Å². The van der Waals surface area contributed by atoms with Crippen LogP contribution in [-0.2, 0) is 4.74 Å². The Hall–Kier alpha value is -0.160. The number of likely N-dealkylation sites (N-methyl/N-ethyl adjacent to an activating group) is 1. The average molecular weight is 272 g/mol. The molecule has 2 N–H and O–H groups in total. The van der Waals surface area contributed by atoms with Gasteiger partial charge in [-0.25, -0.2) is 0 Å². The van der Waals surface area contributed by atoms with Gasteiger partial charge in [0.05, 0.1) is 18.8 Å². The predicted octanol–water partition coefficient (Wildman–Crippen LogP) is 1.48. The second kappa shape index (κ2) is 9.70. The van der Waals surface area contributed by atoms with Crippen LogP contribution >= 0.6 is 0 Å². The molecule has 0 aromatic heterocycles. The lowest BCUT2D eigenvalue weighted by Crippen LogP contribution is -2.37. The highest BCUT2D eigenvalue weighted by atomic mass is 16.5. The van der Waals surface area contributed by atoms with Crippen molar-refractivity contribution >= 4 is 0 Å². The number of ether oxygens (including phenoxy) is 1. The van der Waals surface area contributed by atoms with E-state index in [0.29, 0.717) is 25.2 Å². The molecule has 0 spiro atoms. The summed E-state index contributed by atoms with van der Waals surface area (Å²) in [6, 6.07) is 0. The van der Waals surface area contributed by atoms with Crippen molar-refractivity contribution in [2.75, 3.05) is 40.3 Å². The van der Waals surface area contributed by atoms with Gasteiger partial charge >= 0.3 is 0 Å². The van der Waals surface area contributed by atoms with Crippen molar-refractivity contribution in [1.29, 1.82) is 0 Å². The lowest BCUT2D eigenvalue weighted by Gasteiger charge is -2.31. The zero-order valence-corrected chi connectivity index (χ0v) is 12.9. The van der Waals surface area contributed by atoms with Gasteiger partial charge in [0.1, 0.15) is 0 Å². The van der Waals surface area contributed by atoms with Gasteiger partial charge in [-0.2, -0.15) is 0 Å². The minimum Gasteiger partial charge on any atom is -0.389 e. The van der Waals surface area contributed by atoms with E-state index in [1.165, 1.54) is 32.1 Å². The molecule has 0 bridgehead atoms. The Morgan fingerprint density at radius 3 is 2.74 bits per heavy atom. The summed E-state index contributed by atoms with van der Waals surface area (Å²) in [7, 11) is 4.10. The lowest BCUT2D eigenvalue weighted by atomic mass is 9.85. The van der Waals surface area contributed by atoms with Crippen LogP contribution in [0.4, 0.5) is 0 Å². The van der Waals surface area contributed by atoms with Crippen LogP contribution in [-0.4, -0.2) is 62.6 Å². The average Bonchev–Trinajstić information content (AvgIpc) is 2.41. The van der Waals surface area contributed by atoms with Crippen LogP contribution in [0, 0.1) is 5.92 Å². The van der Waals surface area contributed by atoms with E-state index in [2.05, 4.69) is 31.2 Å². The molecule has 0 amide bonds. The van der Waals surface area contributed by atoms with E-state index in [4.69, 9.17) is 4.74 Å². The number of nitrogens with one attached hydrogen (secondary N) is 1. The van der Waals surface area contributed by atoms with E-state index in [-0.39, 0.29) is 6.10 Å². The molecule has 0 aromatic rings. The van der Waals surface area contributed by atoms with Crippen LogP contribution in [0.25, 0.3) is 0 Å². The first-order valence-electron chi connectivity index (χ1n) is 7.78. The molecule has 1 aliphatic rings. The van der Waals surface area contributed by atoms with Crippen molar-refractivity contribution in [3.63, 3.8) is 0 Å². The minimum atomic E-state index is -0.387. The van der Waals surface area contributed by atoms with Crippen LogP contribution in [0.15, 0.2) is 0 Å². The molecule has 3 atom stereocenters. The fourth-order valence-corrected chi connectivity index (χ4v) is 2.73. The maximum atomic E-state index is 9.90. The highest BCUT2D eigenvalue weighted by Gasteiger charge is 2.24. The summed E-state index contributed by atoms with van der Waals surface area (Å²) in [6.45, 7) is 5.23. The fourth-order valence-electron chi connectivity index (χ4n) is 2.73. The summed E-state index contributed by atoms with van der Waals surface area (Å²) in [5, 5.41) is 13.2. The zero-order chi connectivity index (χ0) is 14.1. The van der Waals surface area contributed by atoms with Gasteiger partial charge in [0.25, 0.3) is 0 Å². The highest BCUT2D eigenvalue weighted by molar-refractivity contribution is 4.75. The monoisotopic (exact) mass is 272 g/mol. The normalized spacial score (nSPS) is 25.7. The number of hydrogen-bond acceptors (Lipinski definition) is 4. The molecule has 0 aromatic carbocycles. The van der Waals surface area contributed by atoms with Gasteiger partial charge < -0.3 is 20.1 Å². The molecule has 1 saturated carbocycles. The summed E-state index contributed by atoms with van der Waals surface area (Å²) in [5.74, 6) is 0.697. The predicted molar refractivity (Wildman–Crippen MR) is 79.4 cm³/mol. The van der Waals surface area contributed by atoms with Crippen LogP contribution in [0.3, 0.4) is 0 Å². The Bertz CT molecular complexity index is 224. The Labute approximate surface area is 118 Å². The maximum Gasteiger partial charge on any atom is 0.0897 e. The second-order valence-electron chi connectivity index (χ2n) is 5.99. The Morgan fingerprint density at radius 2 is 2.05 bits per heavy atom. The van der Waals surface area contributed by atoms with Crippen molar-refractivity contribution in [3.05, 3.63) is 0 Å². The lowest BCUT2D eigenvalue weighted by molar-refractivity contribution is -0.0498. The number of rotatable bonds is 9. The van der Waals surface area contributed by atoms with Crippen molar-refractivity contribution in [2.45, 2.75) is 51.2 Å². The third-order valence-corrected chi connectivity index (χ3v) is 3.98. The zero-order valence-electron chi connectivity index (χ0n) is 12.9. The molecule has 3 unspecified atom stereocenters. The third kappa shape index (κ3) is 7.25. The third-order valence-electron chi connectivity index (χ3n) is 3.98. The Kier molecular flexibility index (Phi) is 8.62. The molecule has 19 heavy (non-hydrogen) atoms. The van der Waals surface area contributed by atoms with Crippen molar-refractivity contribution in [3.8, 4) is 0 Å². The van der Waals surface area contributed by atoms with Gasteiger partial charge in [-0.15, -0.1) is 0 Å². The topological polar surface area (TPSA) is 44.7 Å². The number of aliphatic hydroxyl groups is 1. The molecule has 1 aliphatic carbocycles. The summed E-state index contributed by atoms with van der Waals surface area (Å²) in [6.07, 6.45) is 6.25. The number of aliphatic hydroxyl groups excluding tert-OH is 1. The Balaban J connectivity index is 2.09. The quantitative estimate of drug-likeness (QED) is 0.624. The van der Waals surface area contributed by atoms with Gasteiger partial charge in [-0.3, -0.25) is 0 Å². The first-order chi connectivity index (χ1) is 9.13. The summed E-state index contributed by atoms with van der Waals surface area (Å²) >= 11 is 0. The molecule has 114 valence electrons. The van der Waals surface area contributed by atoms with Gasteiger partial charge in [0.15, 0.2) is 0 Å². The highest BCUT2D eigenvalue weighted by Crippen LogP contribution is 2.29. The van der Waals surface area contributed by atoms with Gasteiger partial charge in [0, 0.05) is 19.6 Å². The van der Waals surface area contributed by atoms with Gasteiger partial charge in [-0.1, -0.05) is 26.2 Å². The SMILES string of the molecule is CCC1CCCCC1OCC(O)CNCCN(C)C. The standard InChI is InChI=1S/C15H32N2O2/c1-4-13-7-5-6-8-15(13)19-12-14(18)11-16-9-10-17(2)3/h13-16,18H,4-12H2,1-3H3. The molecule has 0 saturated heterocycles. The molecule has 0 heterocycles. The molecular formula is C15H32N2O2. The first-order valence-corrected chi connectivity index (χ1v) is 7.78. The van der Waals surface area contributed by atoms with Crippen molar-refractivity contribution in [2.24, 2.45) is 5.92 Å². The molecule has 1 rings (SSSR count). The smallest absolute Gasteiger partial charge is 0.0897 e. The van der Waals surface area contributed by atoms with E-state index in [0.717, 1.165) is 13.1 Å². The van der Waals surface area contributed by atoms with Crippen LogP contribution in [0.1, 0.15) is 39.0 Å². The fraction of sp³-hybridized carbons (Fsp3) is 1.00. The molecule has 4 nitrogen and oxygen atoms in total. The van der Waals surface area contributed by atoms with Crippen molar-refractivity contribution < 1.29 is 9.84 Å². The van der Waals surface area contributed by atoms with Gasteiger partial charge in [0.2, 0.25) is 0 Å². The molecule has 0 aliphatic heterocycles. The number of hydrogen-bond donors (Lipinski definition) is 2. The van der Waals surface area contributed by atoms with E-state index in [1.807, 2.05) is 0 Å². The van der Waals surface area contributed by atoms with E-state index in [9.17, 15) is 5.11 Å². The minimum absolute atomic E-state index is 0.371. The summed E-state index contributed by atoms with van der Waals surface area (Å²) in [4.78, 5) is 2.13. The Morgan fingerprint density at radius 1 is 1.32 bits per heavy atom. The molecule has 4 heteroatoms. The molecular weight excluding hydrogens is 240 g/mol. The van der Waals surface area contributed by atoms with E-state index < -0.39 is 0 Å². The molecule has 0 radical (unpaired) electrons. The second-order valence-corrected chi connectivity index (χ2v) is 5.99. The summed E-state index contributed by atoms with van der Waals surface area (Å²) < 4.78 is 5.93. The number of nitrogens with zero attached hydrogens (tertiary/aromatic N) is 1. The van der Waals surface area contributed by atoms with E-state index in [1.54, 1.807) is 0 Å². The van der Waals surface area contributed by atoms with Crippen LogP contribution < -0.4 is 5.32 Å². The maximum absolute atomic E-state index is 9.90. The first kappa shape index (κ1) is 16.9. The molecule has 1 fully saturated rings. The summed E-state index contributed by atoms with van der Waals surface area (Å²) in [5.41, 5.74) is 0. The largest absolute Gasteiger partial charge is 0.389 e. The van der Waals surface area contributed by atoms with E-state index >= 15 is 0 Å². The van der Waals surface area contributed by atoms with Crippen molar-refractivity contribution in [1.82, 2.24) is 10.2 Å². The van der Waals surface area contributed by atoms with Gasteiger partial charge in [-0.05, 0) is 32.9 Å². The van der Waals surface area contributed by atoms with Crippen LogP contribution in [0.2, 0.25) is 0 Å².